The highest BCUT2D eigenvalue weighted by molar-refractivity contribution is 5.82. The van der Waals surface area contributed by atoms with E-state index in [2.05, 4.69) is 0 Å². The number of ether oxygens (including phenoxy) is 4. The molecule has 0 aliphatic carbocycles. The number of cyclic esters (lactones) is 1. The van der Waals surface area contributed by atoms with Crippen LogP contribution in [0, 0.1) is 11.8 Å². The molecule has 48 heavy (non-hydrogen) atoms. The van der Waals surface area contributed by atoms with Gasteiger partial charge >= 0.3 is 11.9 Å². The Labute approximate surface area is 280 Å². The number of allylic oxidation sites excluding steroid dienone is 6. The normalized spacial score (nSPS) is 45.9. The summed E-state index contributed by atoms with van der Waals surface area (Å²) >= 11 is 0. The molecule has 3 heterocycles. The first-order valence-corrected chi connectivity index (χ1v) is 16.3. The maximum Gasteiger partial charge on any atom is 0.330 e. The zero-order chi connectivity index (χ0) is 35.6. The van der Waals surface area contributed by atoms with Crippen molar-refractivity contribution in [2.45, 2.75) is 126 Å². The van der Waals surface area contributed by atoms with E-state index in [4.69, 9.17) is 24.7 Å². The summed E-state index contributed by atoms with van der Waals surface area (Å²) in [6, 6.07) is -1.09. The predicted molar refractivity (Wildman–Crippen MR) is 172 cm³/mol. The summed E-state index contributed by atoms with van der Waals surface area (Å²) in [4.78, 5) is 24.5. The Morgan fingerprint density at radius 2 is 1.54 bits per heavy atom. The first-order valence-electron chi connectivity index (χ1n) is 16.3. The number of carboxylic acids is 1. The summed E-state index contributed by atoms with van der Waals surface area (Å²) in [6.45, 7) is 5.21. The van der Waals surface area contributed by atoms with Gasteiger partial charge in [-0.3, -0.25) is 4.79 Å². The number of esters is 1. The average molecular weight is 682 g/mol. The van der Waals surface area contributed by atoms with E-state index in [1.807, 2.05) is 13.0 Å². The molecule has 2 saturated heterocycles. The van der Waals surface area contributed by atoms with Crippen LogP contribution in [0.25, 0.3) is 0 Å². The van der Waals surface area contributed by atoms with E-state index in [0.717, 1.165) is 0 Å². The largest absolute Gasteiger partial charge is 0.481 e. The van der Waals surface area contributed by atoms with Gasteiger partial charge in [0.2, 0.25) is 0 Å². The van der Waals surface area contributed by atoms with Crippen LogP contribution in [-0.4, -0.2) is 121 Å². The predicted octanol–water partition coefficient (Wildman–Crippen LogP) is 0.349. The molecule has 2 fully saturated rings. The number of nitrogens with two attached hydrogens (primary N) is 1. The lowest BCUT2D eigenvalue weighted by Gasteiger charge is -2.45. The average Bonchev–Trinajstić information content (AvgIpc) is 2.98. The van der Waals surface area contributed by atoms with Crippen molar-refractivity contribution in [1.29, 1.82) is 0 Å². The summed E-state index contributed by atoms with van der Waals surface area (Å²) in [5, 5.41) is 74.3. The zero-order valence-electron chi connectivity index (χ0n) is 27.5. The number of aliphatic hydroxyl groups excluding tert-OH is 5. The van der Waals surface area contributed by atoms with E-state index in [1.165, 1.54) is 12.2 Å². The van der Waals surface area contributed by atoms with Gasteiger partial charge in [-0.25, -0.2) is 4.79 Å². The van der Waals surface area contributed by atoms with Gasteiger partial charge < -0.3 is 60.4 Å². The van der Waals surface area contributed by atoms with Gasteiger partial charge in [0.25, 0.3) is 0 Å². The number of hydrogen-bond acceptors (Lipinski definition) is 13. The van der Waals surface area contributed by atoms with Crippen molar-refractivity contribution in [2.24, 2.45) is 17.6 Å². The fraction of sp³-hybridized carbons (Fsp3) is 0.647. The number of fused-ring (bicyclic) bond motifs is 2. The highest BCUT2D eigenvalue weighted by Crippen LogP contribution is 2.38. The molecule has 3 aliphatic heterocycles. The quantitative estimate of drug-likeness (QED) is 0.188. The molecule has 3 unspecified atom stereocenters. The van der Waals surface area contributed by atoms with Crippen LogP contribution in [0.2, 0.25) is 0 Å². The number of carbonyl (C=O) groups is 2. The number of hydrogen-bond donors (Lipinski definition) is 8. The highest BCUT2D eigenvalue weighted by Gasteiger charge is 2.50. The molecule has 0 saturated carbocycles. The topological polar surface area (TPSA) is 239 Å². The van der Waals surface area contributed by atoms with Crippen LogP contribution in [0.4, 0.5) is 0 Å². The Morgan fingerprint density at radius 3 is 2.21 bits per heavy atom. The molecule has 0 radical (unpaired) electrons. The smallest absolute Gasteiger partial charge is 0.330 e. The van der Waals surface area contributed by atoms with Crippen molar-refractivity contribution in [3.8, 4) is 0 Å². The summed E-state index contributed by atoms with van der Waals surface area (Å²) in [6.07, 6.45) is 3.35. The molecule has 0 aromatic heterocycles. The Bertz CT molecular complexity index is 1200. The van der Waals surface area contributed by atoms with E-state index in [-0.39, 0.29) is 25.2 Å². The summed E-state index contributed by atoms with van der Waals surface area (Å²) in [7, 11) is 0. The fourth-order valence-electron chi connectivity index (χ4n) is 5.87. The van der Waals surface area contributed by atoms with Crippen molar-refractivity contribution >= 4 is 11.9 Å². The van der Waals surface area contributed by atoms with Crippen molar-refractivity contribution < 1.29 is 64.3 Å². The van der Waals surface area contributed by atoms with Gasteiger partial charge in [0, 0.05) is 31.3 Å². The number of rotatable bonds is 3. The van der Waals surface area contributed by atoms with Crippen LogP contribution < -0.4 is 5.73 Å². The van der Waals surface area contributed by atoms with Crippen molar-refractivity contribution in [1.82, 2.24) is 0 Å². The highest BCUT2D eigenvalue weighted by atomic mass is 16.7. The van der Waals surface area contributed by atoms with Gasteiger partial charge in [-0.05, 0) is 26.7 Å². The molecule has 14 nitrogen and oxygen atoms in total. The molecule has 270 valence electrons. The van der Waals surface area contributed by atoms with Crippen molar-refractivity contribution in [3.05, 3.63) is 60.8 Å². The molecule has 3 aliphatic rings. The first kappa shape index (κ1) is 39.7. The van der Waals surface area contributed by atoms with Gasteiger partial charge in [0.1, 0.15) is 18.1 Å². The van der Waals surface area contributed by atoms with E-state index in [9.17, 15) is 45.3 Å². The Morgan fingerprint density at radius 1 is 0.896 bits per heavy atom. The van der Waals surface area contributed by atoms with Gasteiger partial charge in [0.05, 0.1) is 48.8 Å². The second-order valence-electron chi connectivity index (χ2n) is 12.8. The van der Waals surface area contributed by atoms with Gasteiger partial charge in [-0.2, -0.15) is 0 Å². The molecule has 0 aromatic rings. The Hall–Kier alpha value is -2.76. The van der Waals surface area contributed by atoms with E-state index < -0.39 is 104 Å². The summed E-state index contributed by atoms with van der Waals surface area (Å²) in [5.74, 6) is -5.75. The third kappa shape index (κ3) is 11.7. The number of aliphatic hydroxyl groups is 6. The van der Waals surface area contributed by atoms with E-state index in [0.29, 0.717) is 0 Å². The molecule has 14 heteroatoms. The van der Waals surface area contributed by atoms with Crippen molar-refractivity contribution in [2.75, 3.05) is 0 Å². The van der Waals surface area contributed by atoms with Crippen LogP contribution >= 0.6 is 0 Å². The molecule has 0 amide bonds. The molecule has 14 atom stereocenters. The first-order chi connectivity index (χ1) is 22.6. The minimum Gasteiger partial charge on any atom is -0.481 e. The van der Waals surface area contributed by atoms with Crippen LogP contribution in [0.5, 0.6) is 0 Å². The van der Waals surface area contributed by atoms with Crippen molar-refractivity contribution in [3.63, 3.8) is 0 Å². The molecule has 3 rings (SSSR count). The number of carboxylic acid groups (broad SMARTS) is 1. The van der Waals surface area contributed by atoms with Crippen LogP contribution in [-0.2, 0) is 28.5 Å². The SMILES string of the molecule is C[C@H]1/C=C/C=C/C=C/C=C/[C@H](O[C@@H]2O[C@H](C)[C@@H](O)[C@H](N)[C@H]2O)C[C@@H]2OC(O)(CC(O)CC(O)C/C=C/C(=O)O[C@@H]1C)C[C@H](O)[C@H]2C(=O)O. The summed E-state index contributed by atoms with van der Waals surface area (Å²) in [5.41, 5.74) is 5.97. The van der Waals surface area contributed by atoms with Crippen LogP contribution in [0.3, 0.4) is 0 Å². The number of aliphatic carboxylic acids is 1. The number of carbonyl (C=O) groups excluding carboxylic acids is 1. The maximum atomic E-state index is 12.3. The maximum absolute atomic E-state index is 12.3. The molecular weight excluding hydrogens is 630 g/mol. The van der Waals surface area contributed by atoms with Gasteiger partial charge in [0.15, 0.2) is 12.1 Å². The fourth-order valence-corrected chi connectivity index (χ4v) is 5.87. The lowest BCUT2D eigenvalue weighted by Crippen LogP contribution is -2.61. The van der Waals surface area contributed by atoms with Gasteiger partial charge in [-0.15, -0.1) is 0 Å². The standard InChI is InChI=1S/C34H51NO13/c1-19-11-8-6-4-5-7-9-13-24(47-33-31(41)29(35)30(40)21(3)46-33)16-26-28(32(42)43)25(38)18-34(44,48-26)17-23(37)15-22(36)12-10-14-27(39)45-20(19)2/h4-11,13-14,19-26,28-31,33,36-38,40-41,44H,12,15-18,35H2,1-3H3,(H,42,43)/b6-4+,7-5+,11-8+,13-9+,14-10+/t19-,20+,21+,22?,23?,24-,25-,26-,28+,29-,30+,31+,33-,34?/m0/s1. The summed E-state index contributed by atoms with van der Waals surface area (Å²) < 4.78 is 23.0. The molecule has 0 aromatic carbocycles. The van der Waals surface area contributed by atoms with Gasteiger partial charge in [-0.1, -0.05) is 61.6 Å². The van der Waals surface area contributed by atoms with Crippen LogP contribution in [0.1, 0.15) is 52.9 Å². The Kier molecular flexibility index (Phi) is 15.1. The lowest BCUT2D eigenvalue weighted by molar-refractivity contribution is -0.308. The minimum absolute atomic E-state index is 0.000319. The zero-order valence-corrected chi connectivity index (χ0v) is 27.5. The lowest BCUT2D eigenvalue weighted by atomic mass is 9.83. The van der Waals surface area contributed by atoms with Crippen LogP contribution in [0.15, 0.2) is 60.8 Å². The molecule has 2 bridgehead atoms. The monoisotopic (exact) mass is 681 g/mol. The van der Waals surface area contributed by atoms with E-state index >= 15 is 0 Å². The van der Waals surface area contributed by atoms with E-state index in [1.54, 1.807) is 56.4 Å². The Balaban J connectivity index is 1.92. The third-order valence-electron chi connectivity index (χ3n) is 8.77. The molecule has 9 N–H and O–H groups in total. The second kappa shape index (κ2) is 18.3. The molecule has 0 spiro atoms. The second-order valence-corrected chi connectivity index (χ2v) is 12.8. The minimum atomic E-state index is -2.18. The third-order valence-corrected chi connectivity index (χ3v) is 8.77. The molecular formula is C34H51NO13.